The Kier molecular flexibility index (Phi) is 3.49. The van der Waals surface area contributed by atoms with Crippen LogP contribution in [0.5, 0.6) is 0 Å². The molecule has 0 spiro atoms. The molecule has 0 aliphatic rings. The Bertz CT molecular complexity index is 1880. The van der Waals surface area contributed by atoms with Crippen molar-refractivity contribution < 1.29 is 11.6 Å². The topological polar surface area (TPSA) is 39.2 Å². The van der Waals surface area contributed by atoms with E-state index in [1.54, 1.807) is 12.3 Å². The van der Waals surface area contributed by atoms with E-state index in [1.807, 2.05) is 72.8 Å². The van der Waals surface area contributed by atoms with Crippen LogP contribution < -0.4 is 0 Å². The average molecular weight is 427 g/mol. The third-order valence-corrected chi connectivity index (χ3v) is 6.09. The van der Waals surface area contributed by atoms with Gasteiger partial charge in [-0.25, -0.2) is 0 Å². The summed E-state index contributed by atoms with van der Waals surface area (Å²) in [6.45, 7) is 0. The van der Waals surface area contributed by atoms with E-state index in [2.05, 4.69) is 23.2 Å². The van der Waals surface area contributed by atoms with E-state index >= 15 is 0 Å². The Morgan fingerprint density at radius 3 is 2.18 bits per heavy atom. The van der Waals surface area contributed by atoms with Crippen molar-refractivity contribution in [2.24, 2.45) is 0 Å². The first-order chi connectivity index (χ1) is 17.1. The SMILES string of the molecule is [2H]C([2H])(c1ccccc1)c1ccc2oc3ccc(-c4cc5c(cn4)oc4ccccc45)cc3c2c1. The predicted octanol–water partition coefficient (Wildman–Crippen LogP) is 8.14. The third-order valence-electron chi connectivity index (χ3n) is 6.09. The molecule has 3 heterocycles. The molecule has 0 saturated carbocycles. The van der Waals surface area contributed by atoms with Gasteiger partial charge in [0.05, 0.1) is 11.9 Å². The lowest BCUT2D eigenvalue weighted by Gasteiger charge is -2.03. The van der Waals surface area contributed by atoms with Crippen LogP contribution in [0.1, 0.15) is 13.9 Å². The summed E-state index contributed by atoms with van der Waals surface area (Å²) in [6, 6.07) is 30.9. The molecule has 0 amide bonds. The summed E-state index contributed by atoms with van der Waals surface area (Å²) in [5, 5.41) is 3.91. The minimum atomic E-state index is -1.62. The van der Waals surface area contributed by atoms with Crippen LogP contribution in [-0.2, 0) is 6.37 Å². The highest BCUT2D eigenvalue weighted by Gasteiger charge is 2.12. The Morgan fingerprint density at radius 1 is 0.576 bits per heavy atom. The maximum Gasteiger partial charge on any atom is 0.153 e. The van der Waals surface area contributed by atoms with Crippen LogP contribution in [0.2, 0.25) is 0 Å². The Labute approximate surface area is 192 Å². The zero-order valence-corrected chi connectivity index (χ0v) is 17.6. The van der Waals surface area contributed by atoms with E-state index < -0.39 is 6.37 Å². The minimum Gasteiger partial charge on any atom is -0.456 e. The molecule has 0 saturated heterocycles. The molecule has 0 atom stereocenters. The van der Waals surface area contributed by atoms with Crippen LogP contribution in [-0.4, -0.2) is 4.98 Å². The molecule has 0 N–H and O–H groups in total. The van der Waals surface area contributed by atoms with Crippen molar-refractivity contribution in [2.45, 2.75) is 6.37 Å². The van der Waals surface area contributed by atoms with Gasteiger partial charge in [-0.3, -0.25) is 4.98 Å². The molecular formula is C30H19NO2. The number of aromatic nitrogens is 1. The van der Waals surface area contributed by atoms with Crippen molar-refractivity contribution >= 4 is 43.9 Å². The Morgan fingerprint density at radius 2 is 1.27 bits per heavy atom. The van der Waals surface area contributed by atoms with Gasteiger partial charge in [-0.1, -0.05) is 54.6 Å². The normalized spacial score (nSPS) is 13.1. The van der Waals surface area contributed by atoms with Crippen molar-refractivity contribution in [2.75, 3.05) is 0 Å². The number of hydrogen-bond acceptors (Lipinski definition) is 3. The molecular weight excluding hydrogens is 406 g/mol. The standard InChI is InChI=1S/C30H19NO2/c1-2-6-19(7-3-1)14-20-10-12-28-23(15-20)24-16-21(11-13-29(24)32-28)26-17-25-22-8-4-5-9-27(22)33-30(25)18-31-26/h1-13,15-18H,14H2/i14D2. The number of hydrogen-bond donors (Lipinski definition) is 0. The van der Waals surface area contributed by atoms with E-state index in [9.17, 15) is 0 Å². The fourth-order valence-corrected chi connectivity index (χ4v) is 4.49. The monoisotopic (exact) mass is 427 g/mol. The lowest BCUT2D eigenvalue weighted by atomic mass is 10.0. The predicted molar refractivity (Wildman–Crippen MR) is 133 cm³/mol. The fourth-order valence-electron chi connectivity index (χ4n) is 4.49. The van der Waals surface area contributed by atoms with E-state index in [4.69, 9.17) is 11.6 Å². The molecule has 0 aliphatic carbocycles. The molecule has 3 heteroatoms. The molecule has 0 unspecified atom stereocenters. The van der Waals surface area contributed by atoms with Crippen LogP contribution in [0.4, 0.5) is 0 Å². The van der Waals surface area contributed by atoms with Gasteiger partial charge < -0.3 is 8.83 Å². The Hall–Kier alpha value is -4.37. The van der Waals surface area contributed by atoms with Crippen LogP contribution in [0.3, 0.4) is 0 Å². The highest BCUT2D eigenvalue weighted by atomic mass is 16.3. The second kappa shape index (κ2) is 7.07. The molecule has 33 heavy (non-hydrogen) atoms. The molecule has 7 rings (SSSR count). The largest absolute Gasteiger partial charge is 0.456 e. The lowest BCUT2D eigenvalue weighted by Crippen LogP contribution is -1.87. The quantitative estimate of drug-likeness (QED) is 0.286. The van der Waals surface area contributed by atoms with Crippen molar-refractivity contribution in [1.82, 2.24) is 4.98 Å². The summed E-state index contributed by atoms with van der Waals surface area (Å²) in [4.78, 5) is 4.66. The first-order valence-corrected chi connectivity index (χ1v) is 10.9. The summed E-state index contributed by atoms with van der Waals surface area (Å²) < 4.78 is 29.5. The first kappa shape index (κ1) is 16.3. The van der Waals surface area contributed by atoms with Crippen molar-refractivity contribution in [3.05, 3.63) is 114 Å². The van der Waals surface area contributed by atoms with E-state index in [-0.39, 0.29) is 0 Å². The van der Waals surface area contributed by atoms with Gasteiger partial charge in [0.1, 0.15) is 16.7 Å². The lowest BCUT2D eigenvalue weighted by molar-refractivity contribution is 0.667. The highest BCUT2D eigenvalue weighted by molar-refractivity contribution is 6.08. The molecule has 0 bridgehead atoms. The highest BCUT2D eigenvalue weighted by Crippen LogP contribution is 2.35. The smallest absolute Gasteiger partial charge is 0.153 e. The maximum atomic E-state index is 8.77. The summed E-state index contributed by atoms with van der Waals surface area (Å²) in [7, 11) is 0. The van der Waals surface area contributed by atoms with Crippen molar-refractivity contribution in [1.29, 1.82) is 0 Å². The minimum absolute atomic E-state index is 0.591. The first-order valence-electron chi connectivity index (χ1n) is 11.9. The van der Waals surface area contributed by atoms with Gasteiger partial charge in [0.15, 0.2) is 5.58 Å². The fraction of sp³-hybridized carbons (Fsp3) is 0.0333. The second-order valence-electron chi connectivity index (χ2n) is 8.18. The Balaban J connectivity index is 1.39. The molecule has 0 fully saturated rings. The van der Waals surface area contributed by atoms with Crippen LogP contribution in [0.25, 0.3) is 55.1 Å². The van der Waals surface area contributed by atoms with Crippen molar-refractivity contribution in [3.63, 3.8) is 0 Å². The zero-order valence-electron chi connectivity index (χ0n) is 19.6. The maximum absolute atomic E-state index is 8.77. The number of nitrogens with zero attached hydrogens (tertiary/aromatic N) is 1. The summed E-state index contributed by atoms with van der Waals surface area (Å²) in [5.74, 6) is 0. The van der Waals surface area contributed by atoms with Gasteiger partial charge in [-0.15, -0.1) is 0 Å². The van der Waals surface area contributed by atoms with Crippen LogP contribution in [0.15, 0.2) is 112 Å². The van der Waals surface area contributed by atoms with Gasteiger partial charge in [0.2, 0.25) is 0 Å². The third kappa shape index (κ3) is 3.01. The molecule has 7 aromatic rings. The zero-order chi connectivity index (χ0) is 23.6. The van der Waals surface area contributed by atoms with E-state index in [0.29, 0.717) is 11.1 Å². The van der Waals surface area contributed by atoms with Gasteiger partial charge >= 0.3 is 0 Å². The molecule has 4 aromatic carbocycles. The molecule has 0 aliphatic heterocycles. The van der Waals surface area contributed by atoms with Gasteiger partial charge in [0, 0.05) is 29.8 Å². The average Bonchev–Trinajstić information content (AvgIpc) is 3.46. The number of para-hydroxylation sites is 1. The molecule has 3 nitrogen and oxygen atoms in total. The van der Waals surface area contributed by atoms with Gasteiger partial charge in [-0.05, 0) is 60.0 Å². The number of furan rings is 2. The van der Waals surface area contributed by atoms with Crippen LogP contribution in [0, 0.1) is 0 Å². The van der Waals surface area contributed by atoms with Crippen LogP contribution >= 0.6 is 0 Å². The second-order valence-corrected chi connectivity index (χ2v) is 8.18. The van der Waals surface area contributed by atoms with Gasteiger partial charge in [-0.2, -0.15) is 0 Å². The summed E-state index contributed by atoms with van der Waals surface area (Å²) in [5.41, 5.74) is 6.12. The molecule has 3 aromatic heterocycles. The van der Waals surface area contributed by atoms with E-state index in [1.165, 1.54) is 0 Å². The summed E-state index contributed by atoms with van der Waals surface area (Å²) >= 11 is 0. The molecule has 0 radical (unpaired) electrons. The molecule has 156 valence electrons. The number of benzene rings is 4. The summed E-state index contributed by atoms with van der Waals surface area (Å²) in [6.07, 6.45) is 0.153. The number of rotatable bonds is 3. The van der Waals surface area contributed by atoms with E-state index in [0.717, 1.165) is 55.1 Å². The number of pyridine rings is 1. The number of fused-ring (bicyclic) bond motifs is 6. The van der Waals surface area contributed by atoms with Crippen molar-refractivity contribution in [3.8, 4) is 11.3 Å². The van der Waals surface area contributed by atoms with Gasteiger partial charge in [0.25, 0.3) is 0 Å².